The van der Waals surface area contributed by atoms with E-state index in [1.807, 2.05) is 6.07 Å². The van der Waals surface area contributed by atoms with Gasteiger partial charge >= 0.3 is 5.97 Å². The molecule has 2 amide bonds. The summed E-state index contributed by atoms with van der Waals surface area (Å²) in [6, 6.07) is 6.15. The largest absolute Gasteiger partial charge is 0.480 e. The first-order valence-corrected chi connectivity index (χ1v) is 9.46. The third-order valence-corrected chi connectivity index (χ3v) is 4.40. The number of rotatable bonds is 12. The quantitative estimate of drug-likeness (QED) is 0.211. The molecule has 0 aliphatic rings. The SMILES string of the molecule is NCCCCC(NC(=O)C(N)CS)C(=O)NC(Cc1ccccc1)C(=O)O. The molecule has 3 atom stereocenters. The van der Waals surface area contributed by atoms with Crippen LogP contribution >= 0.6 is 12.6 Å². The fourth-order valence-corrected chi connectivity index (χ4v) is 2.61. The summed E-state index contributed by atoms with van der Waals surface area (Å²) in [5, 5.41) is 14.5. The minimum Gasteiger partial charge on any atom is -0.480 e. The molecule has 0 spiro atoms. The van der Waals surface area contributed by atoms with Crippen molar-refractivity contribution in [2.45, 2.75) is 43.8 Å². The second-order valence-electron chi connectivity index (χ2n) is 6.22. The molecule has 0 radical (unpaired) electrons. The van der Waals surface area contributed by atoms with Crippen LogP contribution in [0.15, 0.2) is 30.3 Å². The molecule has 1 rings (SSSR count). The van der Waals surface area contributed by atoms with Crippen molar-refractivity contribution >= 4 is 30.4 Å². The van der Waals surface area contributed by atoms with Crippen LogP contribution in [0.3, 0.4) is 0 Å². The predicted molar refractivity (Wildman–Crippen MR) is 106 cm³/mol. The number of amides is 2. The van der Waals surface area contributed by atoms with Gasteiger partial charge in [-0.2, -0.15) is 12.6 Å². The molecule has 0 aliphatic heterocycles. The number of benzene rings is 1. The molecule has 7 N–H and O–H groups in total. The highest BCUT2D eigenvalue weighted by atomic mass is 32.1. The van der Waals surface area contributed by atoms with E-state index in [0.29, 0.717) is 25.8 Å². The average Bonchev–Trinajstić information content (AvgIpc) is 2.66. The number of carboxylic acid groups (broad SMARTS) is 1. The van der Waals surface area contributed by atoms with Crippen molar-refractivity contribution in [3.8, 4) is 0 Å². The van der Waals surface area contributed by atoms with E-state index in [1.54, 1.807) is 24.3 Å². The third kappa shape index (κ3) is 8.42. The molecular formula is C18H28N4O4S. The lowest BCUT2D eigenvalue weighted by Crippen LogP contribution is -2.55. The molecule has 0 bridgehead atoms. The molecule has 1 aromatic rings. The second kappa shape index (κ2) is 12.3. The number of nitrogens with two attached hydrogens (primary N) is 2. The summed E-state index contributed by atoms with van der Waals surface area (Å²) < 4.78 is 0. The molecule has 0 aromatic heterocycles. The van der Waals surface area contributed by atoms with E-state index >= 15 is 0 Å². The minimum absolute atomic E-state index is 0.134. The number of carbonyl (C=O) groups excluding carboxylic acids is 2. The number of hydrogen-bond acceptors (Lipinski definition) is 6. The number of nitrogens with one attached hydrogen (secondary N) is 2. The zero-order valence-electron chi connectivity index (χ0n) is 15.1. The zero-order chi connectivity index (χ0) is 20.2. The number of thiol groups is 1. The Kier molecular flexibility index (Phi) is 10.5. The maximum absolute atomic E-state index is 12.6. The highest BCUT2D eigenvalue weighted by molar-refractivity contribution is 7.80. The molecule has 150 valence electrons. The lowest BCUT2D eigenvalue weighted by Gasteiger charge is -2.22. The van der Waals surface area contributed by atoms with Crippen molar-refractivity contribution in [3.05, 3.63) is 35.9 Å². The molecule has 9 heteroatoms. The Labute approximate surface area is 164 Å². The fraction of sp³-hybridized carbons (Fsp3) is 0.500. The van der Waals surface area contributed by atoms with E-state index in [1.165, 1.54) is 0 Å². The van der Waals surface area contributed by atoms with Crippen LogP contribution in [-0.4, -0.2) is 53.3 Å². The van der Waals surface area contributed by atoms with Gasteiger partial charge in [0.05, 0.1) is 6.04 Å². The van der Waals surface area contributed by atoms with Crippen LogP contribution < -0.4 is 22.1 Å². The monoisotopic (exact) mass is 396 g/mol. The first kappa shape index (κ1) is 22.9. The second-order valence-corrected chi connectivity index (χ2v) is 6.59. The molecule has 3 unspecified atom stereocenters. The zero-order valence-corrected chi connectivity index (χ0v) is 16.0. The molecule has 0 saturated heterocycles. The Balaban J connectivity index is 2.80. The van der Waals surface area contributed by atoms with E-state index in [-0.39, 0.29) is 12.2 Å². The van der Waals surface area contributed by atoms with Gasteiger partial charge < -0.3 is 27.2 Å². The first-order valence-electron chi connectivity index (χ1n) is 8.83. The van der Waals surface area contributed by atoms with Crippen molar-refractivity contribution in [2.75, 3.05) is 12.3 Å². The topological polar surface area (TPSA) is 148 Å². The van der Waals surface area contributed by atoms with Crippen molar-refractivity contribution in [2.24, 2.45) is 11.5 Å². The predicted octanol–water partition coefficient (Wildman–Crippen LogP) is -0.331. The van der Waals surface area contributed by atoms with Gasteiger partial charge in [0.15, 0.2) is 0 Å². The average molecular weight is 397 g/mol. The van der Waals surface area contributed by atoms with E-state index in [0.717, 1.165) is 5.56 Å². The number of carboxylic acids is 1. The van der Waals surface area contributed by atoms with Crippen molar-refractivity contribution in [3.63, 3.8) is 0 Å². The summed E-state index contributed by atoms with van der Waals surface area (Å²) in [6.07, 6.45) is 1.78. The van der Waals surface area contributed by atoms with Gasteiger partial charge in [0, 0.05) is 12.2 Å². The molecule has 27 heavy (non-hydrogen) atoms. The van der Waals surface area contributed by atoms with Crippen molar-refractivity contribution in [1.82, 2.24) is 10.6 Å². The number of hydrogen-bond donors (Lipinski definition) is 6. The first-order chi connectivity index (χ1) is 12.9. The van der Waals surface area contributed by atoms with E-state index in [9.17, 15) is 19.5 Å². The third-order valence-electron chi connectivity index (χ3n) is 4.01. The van der Waals surface area contributed by atoms with Crippen LogP contribution in [0.25, 0.3) is 0 Å². The van der Waals surface area contributed by atoms with Crippen molar-refractivity contribution < 1.29 is 19.5 Å². The van der Waals surface area contributed by atoms with Gasteiger partial charge in [-0.25, -0.2) is 4.79 Å². The van der Waals surface area contributed by atoms with E-state index in [2.05, 4.69) is 23.3 Å². The highest BCUT2D eigenvalue weighted by Crippen LogP contribution is 2.06. The molecular weight excluding hydrogens is 368 g/mol. The van der Waals surface area contributed by atoms with Crippen LogP contribution in [0.4, 0.5) is 0 Å². The lowest BCUT2D eigenvalue weighted by molar-refractivity contribution is -0.142. The smallest absolute Gasteiger partial charge is 0.326 e. The summed E-state index contributed by atoms with van der Waals surface area (Å²) in [5.41, 5.74) is 11.9. The number of unbranched alkanes of at least 4 members (excludes halogenated alkanes) is 1. The summed E-state index contributed by atoms with van der Waals surface area (Å²) >= 11 is 3.97. The number of carbonyl (C=O) groups is 3. The Morgan fingerprint density at radius 2 is 1.67 bits per heavy atom. The lowest BCUT2D eigenvalue weighted by atomic mass is 10.0. The Hall–Kier alpha value is -2.10. The van der Waals surface area contributed by atoms with Gasteiger partial charge in [-0.15, -0.1) is 0 Å². The molecule has 0 heterocycles. The standard InChI is InChI=1S/C18H28N4O4S/c19-9-5-4-8-14(21-16(23)13(20)11-27)17(24)22-15(18(25)26)10-12-6-2-1-3-7-12/h1-3,6-7,13-15,27H,4-5,8-11,19-20H2,(H,21,23)(H,22,24)(H,25,26). The van der Waals surface area contributed by atoms with E-state index < -0.39 is 35.9 Å². The van der Waals surface area contributed by atoms with Crippen LogP contribution in [-0.2, 0) is 20.8 Å². The highest BCUT2D eigenvalue weighted by Gasteiger charge is 2.27. The maximum atomic E-state index is 12.6. The van der Waals surface area contributed by atoms with Crippen molar-refractivity contribution in [1.29, 1.82) is 0 Å². The molecule has 0 aliphatic carbocycles. The van der Waals surface area contributed by atoms with Crippen LogP contribution in [0.1, 0.15) is 24.8 Å². The van der Waals surface area contributed by atoms with Crippen LogP contribution in [0.2, 0.25) is 0 Å². The maximum Gasteiger partial charge on any atom is 0.326 e. The molecule has 1 aromatic carbocycles. The van der Waals surface area contributed by atoms with Crippen LogP contribution in [0.5, 0.6) is 0 Å². The van der Waals surface area contributed by atoms with Crippen LogP contribution in [0, 0.1) is 0 Å². The fourth-order valence-electron chi connectivity index (χ4n) is 2.45. The Morgan fingerprint density at radius 1 is 1.04 bits per heavy atom. The number of aliphatic carboxylic acids is 1. The van der Waals surface area contributed by atoms with Gasteiger partial charge in [0.2, 0.25) is 11.8 Å². The molecule has 8 nitrogen and oxygen atoms in total. The summed E-state index contributed by atoms with van der Waals surface area (Å²) in [7, 11) is 0. The Morgan fingerprint density at radius 3 is 2.22 bits per heavy atom. The minimum atomic E-state index is -1.15. The summed E-state index contributed by atoms with van der Waals surface area (Å²) in [6.45, 7) is 0.462. The summed E-state index contributed by atoms with van der Waals surface area (Å²) in [5.74, 6) is -2.08. The van der Waals surface area contributed by atoms with Gasteiger partial charge in [0.1, 0.15) is 12.1 Å². The normalized spacial score (nSPS) is 14.0. The van der Waals surface area contributed by atoms with Gasteiger partial charge in [-0.1, -0.05) is 30.3 Å². The Bertz CT molecular complexity index is 615. The summed E-state index contributed by atoms with van der Waals surface area (Å²) in [4.78, 5) is 36.2. The van der Waals surface area contributed by atoms with Gasteiger partial charge in [-0.05, 0) is 31.4 Å². The molecule has 0 saturated carbocycles. The van der Waals surface area contributed by atoms with Gasteiger partial charge in [0.25, 0.3) is 0 Å². The molecule has 0 fully saturated rings. The van der Waals surface area contributed by atoms with E-state index in [4.69, 9.17) is 11.5 Å². The van der Waals surface area contributed by atoms with Gasteiger partial charge in [-0.3, -0.25) is 9.59 Å².